The van der Waals surface area contributed by atoms with Crippen LogP contribution in [0.15, 0.2) is 98.6 Å². The lowest BCUT2D eigenvalue weighted by molar-refractivity contribution is -0.116. The van der Waals surface area contributed by atoms with Crippen LogP contribution in [-0.2, 0) is 4.79 Å². The van der Waals surface area contributed by atoms with Crippen LogP contribution >= 0.6 is 0 Å². The number of amides is 1. The lowest BCUT2D eigenvalue weighted by atomic mass is 10.5. The van der Waals surface area contributed by atoms with Gasteiger partial charge in [-0.3, -0.25) is 4.79 Å². The Morgan fingerprint density at radius 3 is 1.52 bits per heavy atom. The van der Waals surface area contributed by atoms with Gasteiger partial charge in [0.1, 0.15) is 0 Å². The first-order valence-corrected chi connectivity index (χ1v) is 5.39. The van der Waals surface area contributed by atoms with Crippen molar-refractivity contribution in [1.82, 2.24) is 5.32 Å². The molecule has 0 saturated heterocycles. The molecular formula is C19H7NO. The Morgan fingerprint density at radius 1 is 0.762 bits per heavy atom. The first-order chi connectivity index (χ1) is 10.3. The number of nitrogens with one attached hydrogen (secondary N) is 1. The molecule has 1 N–H and O–H groups in total. The lowest BCUT2D eigenvalue weighted by Gasteiger charge is -1.82. The van der Waals surface area contributed by atoms with E-state index in [1.54, 1.807) is 0 Å². The zero-order chi connectivity index (χ0) is 15.6. The minimum Gasteiger partial charge on any atom is -0.355 e. The Balaban J connectivity index is 5.54. The highest BCUT2D eigenvalue weighted by atomic mass is 16.1. The number of hydrogen-bond acceptors (Lipinski definition) is 1. The molecule has 94 valence electrons. The molecule has 2 heteroatoms. The minimum atomic E-state index is -0.281. The second kappa shape index (κ2) is 14.0. The van der Waals surface area contributed by atoms with Gasteiger partial charge in [-0.2, -0.15) is 0 Å². The normalized spacial score (nSPS) is 4.81. The molecule has 21 heavy (non-hydrogen) atoms. The lowest BCUT2D eigenvalue weighted by Crippen LogP contribution is -2.13. The van der Waals surface area contributed by atoms with Crippen LogP contribution < -0.4 is 5.32 Å². The van der Waals surface area contributed by atoms with Gasteiger partial charge < -0.3 is 5.32 Å². The van der Waals surface area contributed by atoms with Crippen LogP contribution in [0.25, 0.3) is 0 Å². The van der Waals surface area contributed by atoms with E-state index in [0.29, 0.717) is 0 Å². The molecule has 0 atom stereocenters. The zero-order valence-electron chi connectivity index (χ0n) is 11.2. The molecular weight excluding hydrogens is 258 g/mol. The van der Waals surface area contributed by atoms with Crippen LogP contribution in [0.4, 0.5) is 0 Å². The van der Waals surface area contributed by atoms with Gasteiger partial charge in [0.25, 0.3) is 5.91 Å². The average molecular weight is 265 g/mol. The van der Waals surface area contributed by atoms with E-state index in [0.717, 1.165) is 0 Å². The molecule has 0 saturated carbocycles. The number of carbonyl (C=O) groups is 1. The number of rotatable bonds is 1. The molecule has 0 fully saturated rings. The van der Waals surface area contributed by atoms with Crippen molar-refractivity contribution in [2.45, 2.75) is 0 Å². The highest BCUT2D eigenvalue weighted by molar-refractivity contribution is 5.86. The van der Waals surface area contributed by atoms with E-state index in [1.807, 2.05) is 0 Å². The standard InChI is InChI=1S/C19H7NO/c1-3-4-5-6-7-8-9-10-11-12-13-14-15-16-17-18-19(21)20-2/h18H,1H2,2H3,(H,20,21). The van der Waals surface area contributed by atoms with Gasteiger partial charge >= 0.3 is 0 Å². The summed E-state index contributed by atoms with van der Waals surface area (Å²) in [5.74, 6) is -0.281. The van der Waals surface area contributed by atoms with E-state index in [-0.39, 0.29) is 5.91 Å². The summed E-state index contributed by atoms with van der Waals surface area (Å²) in [5.41, 5.74) is 36.8. The molecule has 0 bridgehead atoms. The van der Waals surface area contributed by atoms with E-state index >= 15 is 0 Å². The molecule has 0 aliphatic rings. The molecule has 0 heterocycles. The fourth-order valence-electron chi connectivity index (χ4n) is 0.598. The van der Waals surface area contributed by atoms with Gasteiger partial charge in [0.15, 0.2) is 0 Å². The van der Waals surface area contributed by atoms with Crippen molar-refractivity contribution in [3.05, 3.63) is 98.6 Å². The molecule has 0 radical (unpaired) electrons. The van der Waals surface area contributed by atoms with Gasteiger partial charge in [0.05, 0.1) is 6.08 Å². The molecule has 0 aromatic carbocycles. The molecule has 2 nitrogen and oxygen atoms in total. The fourth-order valence-corrected chi connectivity index (χ4v) is 0.598. The predicted octanol–water partition coefficient (Wildman–Crippen LogP) is 2.24. The average Bonchev–Trinajstić information content (AvgIpc) is 2.50. The highest BCUT2D eigenvalue weighted by Gasteiger charge is 1.81. The van der Waals surface area contributed by atoms with Crippen LogP contribution in [0.5, 0.6) is 0 Å². The third-order valence-corrected chi connectivity index (χ3v) is 1.36. The van der Waals surface area contributed by atoms with Crippen molar-refractivity contribution >= 4 is 5.91 Å². The maximum absolute atomic E-state index is 10.7. The van der Waals surface area contributed by atoms with E-state index in [1.165, 1.54) is 13.1 Å². The van der Waals surface area contributed by atoms with E-state index < -0.39 is 0 Å². The number of hydrogen-bond donors (Lipinski definition) is 1. The van der Waals surface area contributed by atoms with Crippen molar-refractivity contribution in [3.63, 3.8) is 0 Å². The molecule has 0 spiro atoms. The highest BCUT2D eigenvalue weighted by Crippen LogP contribution is 1.63. The monoisotopic (exact) mass is 265 g/mol. The number of likely N-dealkylation sites (N-methyl/N-ethyl adjacent to an activating group) is 1. The van der Waals surface area contributed by atoms with Gasteiger partial charge in [-0.15, -0.1) is 0 Å². The molecule has 0 aromatic heterocycles. The quantitative estimate of drug-likeness (QED) is 0.572. The maximum Gasteiger partial charge on any atom is 0.252 e. The first-order valence-electron chi connectivity index (χ1n) is 5.39. The Hall–Kier alpha value is -4.09. The van der Waals surface area contributed by atoms with Gasteiger partial charge in [-0.1, -0.05) is 11.5 Å². The minimum absolute atomic E-state index is 0.281. The smallest absolute Gasteiger partial charge is 0.252 e. The maximum atomic E-state index is 10.7. The molecule has 0 aromatic rings. The summed E-state index contributed by atoms with van der Waals surface area (Å²) in [5, 5.41) is 2.39. The van der Waals surface area contributed by atoms with Gasteiger partial charge in [0.2, 0.25) is 0 Å². The molecule has 0 unspecified atom stereocenters. The second-order valence-electron chi connectivity index (χ2n) is 2.70. The van der Waals surface area contributed by atoms with Gasteiger partial charge in [0, 0.05) is 7.05 Å². The predicted molar refractivity (Wildman–Crippen MR) is 77.0 cm³/mol. The van der Waals surface area contributed by atoms with Crippen LogP contribution in [0.2, 0.25) is 0 Å². The summed E-state index contributed by atoms with van der Waals surface area (Å²) in [6.07, 6.45) is 1.18. The molecule has 0 aliphatic heterocycles. The van der Waals surface area contributed by atoms with Crippen LogP contribution in [0, 0.1) is 0 Å². The topological polar surface area (TPSA) is 29.1 Å². The van der Waals surface area contributed by atoms with Crippen molar-refractivity contribution in [3.8, 4) is 0 Å². The summed E-state index contributed by atoms with van der Waals surface area (Å²) in [4.78, 5) is 10.7. The summed E-state index contributed by atoms with van der Waals surface area (Å²) in [6.45, 7) is 3.29. The SMILES string of the molecule is C=C=C=C=C=C=C=C=C=C=C=C=C=C=C=C=CC(=O)NC. The van der Waals surface area contributed by atoms with Crippen LogP contribution in [0.3, 0.4) is 0 Å². The zero-order valence-corrected chi connectivity index (χ0v) is 11.2. The number of carbonyl (C=O) groups excluding carboxylic acids is 1. The molecule has 0 rings (SSSR count). The summed E-state index contributed by atoms with van der Waals surface area (Å²) >= 11 is 0. The Morgan fingerprint density at radius 2 is 1.14 bits per heavy atom. The Kier molecular flexibility index (Phi) is 11.3. The first kappa shape index (κ1) is 16.9. The van der Waals surface area contributed by atoms with Crippen molar-refractivity contribution in [1.29, 1.82) is 0 Å². The second-order valence-corrected chi connectivity index (χ2v) is 2.70. The van der Waals surface area contributed by atoms with E-state index in [2.05, 4.69) is 97.9 Å². The molecule has 0 aliphatic carbocycles. The van der Waals surface area contributed by atoms with Gasteiger partial charge in [-0.05, 0) is 81.1 Å². The van der Waals surface area contributed by atoms with E-state index in [9.17, 15) is 4.79 Å². The van der Waals surface area contributed by atoms with Crippen molar-refractivity contribution in [2.75, 3.05) is 7.05 Å². The fraction of sp³-hybridized carbons (Fsp3) is 0.0526. The third kappa shape index (κ3) is 13.8. The van der Waals surface area contributed by atoms with Crippen LogP contribution in [0.1, 0.15) is 0 Å². The third-order valence-electron chi connectivity index (χ3n) is 1.36. The Labute approximate surface area is 122 Å². The van der Waals surface area contributed by atoms with Crippen molar-refractivity contribution < 1.29 is 4.79 Å². The summed E-state index contributed by atoms with van der Waals surface area (Å²) in [7, 11) is 1.51. The largest absolute Gasteiger partial charge is 0.355 e. The van der Waals surface area contributed by atoms with Crippen LogP contribution in [-0.4, -0.2) is 13.0 Å². The van der Waals surface area contributed by atoms with Crippen molar-refractivity contribution in [2.24, 2.45) is 0 Å². The Bertz CT molecular complexity index is 975. The summed E-state index contributed by atoms with van der Waals surface area (Å²) < 4.78 is 0. The molecule has 1 amide bonds. The van der Waals surface area contributed by atoms with Gasteiger partial charge in [-0.25, -0.2) is 0 Å². The summed E-state index contributed by atoms with van der Waals surface area (Å²) in [6, 6.07) is 0. The van der Waals surface area contributed by atoms with E-state index in [4.69, 9.17) is 0 Å².